The summed E-state index contributed by atoms with van der Waals surface area (Å²) in [6, 6.07) is 19.5. The average molecular weight is 917 g/mol. The molecule has 5 aliphatic rings. The molecule has 1 spiro atoms. The van der Waals surface area contributed by atoms with Gasteiger partial charge in [0.05, 0.1) is 41.6 Å². The van der Waals surface area contributed by atoms with Crippen LogP contribution in [-0.2, 0) is 14.8 Å². The van der Waals surface area contributed by atoms with Crippen LogP contribution in [0, 0.1) is 26.9 Å². The van der Waals surface area contributed by atoms with Gasteiger partial charge in [-0.3, -0.25) is 19.8 Å². The maximum absolute atomic E-state index is 14.0. The fourth-order valence-corrected chi connectivity index (χ4v) is 11.9. The summed E-state index contributed by atoms with van der Waals surface area (Å²) >= 11 is 0. The van der Waals surface area contributed by atoms with Crippen LogP contribution in [-0.4, -0.2) is 84.0 Å². The minimum atomic E-state index is -4.61. The Hall–Kier alpha value is -5.58. The van der Waals surface area contributed by atoms with E-state index >= 15 is 0 Å². The van der Waals surface area contributed by atoms with Gasteiger partial charge in [0.25, 0.3) is 15.9 Å². The van der Waals surface area contributed by atoms with Crippen molar-refractivity contribution in [3.05, 3.63) is 106 Å². The molecule has 2 saturated heterocycles. The smallest absolute Gasteiger partial charge is 0.312 e. The molecule has 2 aliphatic heterocycles. The summed E-state index contributed by atoms with van der Waals surface area (Å²) in [6.45, 7) is 10.5. The SMILES string of the molecule is CC1CN(C2CC3(CCN(c4ccc(C(=O)NS(=O)(=O)c5cnc(NCC6CCC(C)(C)CC6)c([N+](=O)[O-])c5)c(Oc5cnc6[nH]ccc6c5)c4)CC3)C2)[C@H](c2ccccc2C2CC2)CO1. The van der Waals surface area contributed by atoms with Crippen molar-refractivity contribution < 1.29 is 27.6 Å². The van der Waals surface area contributed by atoms with Gasteiger partial charge in [0.2, 0.25) is 5.82 Å². The van der Waals surface area contributed by atoms with Gasteiger partial charge >= 0.3 is 5.69 Å². The zero-order chi connectivity index (χ0) is 45.8. The molecule has 5 aromatic rings. The number of carbonyl (C=O) groups excluding carboxylic acids is 1. The first-order chi connectivity index (χ1) is 31.7. The number of aromatic nitrogens is 3. The number of aromatic amines is 1. The molecule has 3 saturated carbocycles. The Morgan fingerprint density at radius 3 is 2.47 bits per heavy atom. The van der Waals surface area contributed by atoms with E-state index in [1.54, 1.807) is 30.6 Å². The summed E-state index contributed by atoms with van der Waals surface area (Å²) in [5.41, 5.74) is 4.49. The number of fused-ring (bicyclic) bond motifs is 1. The van der Waals surface area contributed by atoms with Crippen LogP contribution >= 0.6 is 0 Å². The van der Waals surface area contributed by atoms with E-state index in [-0.39, 0.29) is 40.1 Å². The molecular weight excluding hydrogens is 857 g/mol. The lowest BCUT2D eigenvalue weighted by atomic mass is 9.59. The molecule has 66 heavy (non-hydrogen) atoms. The van der Waals surface area contributed by atoms with Gasteiger partial charge in [0.1, 0.15) is 22.0 Å². The lowest BCUT2D eigenvalue weighted by Crippen LogP contribution is -2.59. The van der Waals surface area contributed by atoms with Crippen molar-refractivity contribution in [3.8, 4) is 11.5 Å². The summed E-state index contributed by atoms with van der Waals surface area (Å²) < 4.78 is 42.3. The van der Waals surface area contributed by atoms with E-state index in [1.165, 1.54) is 24.0 Å². The number of hydrogen-bond donors (Lipinski definition) is 3. The molecule has 0 radical (unpaired) electrons. The number of sulfonamides is 1. The summed E-state index contributed by atoms with van der Waals surface area (Å²) in [7, 11) is -4.61. The molecule has 3 aliphatic carbocycles. The first kappa shape index (κ1) is 44.3. The summed E-state index contributed by atoms with van der Waals surface area (Å²) in [5, 5.41) is 16.1. The lowest BCUT2D eigenvalue weighted by Gasteiger charge is -2.58. The summed E-state index contributed by atoms with van der Waals surface area (Å²) in [6.07, 6.45) is 15.6. The fourth-order valence-electron chi connectivity index (χ4n) is 11.0. The van der Waals surface area contributed by atoms with Crippen LogP contribution in [0.25, 0.3) is 11.0 Å². The van der Waals surface area contributed by atoms with E-state index in [9.17, 15) is 23.3 Å². The highest BCUT2D eigenvalue weighted by atomic mass is 32.2. The van der Waals surface area contributed by atoms with Gasteiger partial charge in [0.15, 0.2) is 0 Å². The van der Waals surface area contributed by atoms with Crippen molar-refractivity contribution in [2.75, 3.05) is 43.0 Å². The summed E-state index contributed by atoms with van der Waals surface area (Å²) in [5.74, 6) is 0.553. The molecule has 0 bridgehead atoms. The molecule has 5 fully saturated rings. The fraction of sp³-hybridized carbons (Fsp3) is 0.500. The zero-order valence-corrected chi connectivity index (χ0v) is 38.8. The molecule has 5 heterocycles. The Balaban J connectivity index is 0.838. The minimum absolute atomic E-state index is 0.0131. The molecule has 348 valence electrons. The number of morpholine rings is 1. The van der Waals surface area contributed by atoms with E-state index in [0.29, 0.717) is 35.8 Å². The number of hydrogen-bond acceptors (Lipinski definition) is 12. The predicted octanol–water partition coefficient (Wildman–Crippen LogP) is 9.49. The van der Waals surface area contributed by atoms with E-state index in [2.05, 4.69) is 79.8 Å². The molecule has 2 aromatic carbocycles. The number of anilines is 2. The monoisotopic (exact) mass is 916 g/mol. The topological polar surface area (TPSA) is 185 Å². The number of nitrogens with one attached hydrogen (secondary N) is 3. The molecule has 15 nitrogen and oxygen atoms in total. The second-order valence-corrected chi connectivity index (χ2v) is 22.1. The largest absolute Gasteiger partial charge is 0.455 e. The Labute approximate surface area is 386 Å². The number of benzene rings is 2. The second-order valence-electron chi connectivity index (χ2n) is 20.4. The number of nitrogens with zero attached hydrogens (tertiary/aromatic N) is 5. The normalized spacial score (nSPS) is 22.5. The van der Waals surface area contributed by atoms with Crippen molar-refractivity contribution in [2.45, 2.75) is 114 Å². The third kappa shape index (κ3) is 9.23. The van der Waals surface area contributed by atoms with Gasteiger partial charge in [-0.1, -0.05) is 38.1 Å². The number of ether oxygens (including phenoxy) is 2. The summed E-state index contributed by atoms with van der Waals surface area (Å²) in [4.78, 5) is 41.7. The zero-order valence-electron chi connectivity index (χ0n) is 38.0. The number of amides is 1. The minimum Gasteiger partial charge on any atom is -0.455 e. The van der Waals surface area contributed by atoms with Crippen molar-refractivity contribution in [1.29, 1.82) is 0 Å². The number of rotatable bonds is 13. The third-order valence-corrected chi connectivity index (χ3v) is 16.5. The van der Waals surface area contributed by atoms with Gasteiger partial charge in [-0.05, 0) is 129 Å². The number of H-pyrrole nitrogens is 1. The van der Waals surface area contributed by atoms with Crippen LogP contribution in [0.1, 0.15) is 118 Å². The van der Waals surface area contributed by atoms with Gasteiger partial charge in [-0.2, -0.15) is 0 Å². The van der Waals surface area contributed by atoms with E-state index in [0.717, 1.165) is 101 Å². The standard InChI is InChI=1S/C50H60N8O7S/c1-32-30-57(44(31-64-32)41-7-5-4-6-40(41)34-8-9-34)37-25-50(26-37)17-20-56(21-18-50)36-10-11-42(45(23-36)65-38-22-35-14-19-51-46(35)53-28-38)48(59)55-66(62,63)39-24-43(58(60)61)47(54-29-39)52-27-33-12-15-49(2,3)16-13-33/h4-7,10-11,14,19,22-24,28-29,32-34,37,44H,8-9,12-13,15-18,20-21,25-27,30-31H2,1-3H3,(H,51,53)(H,52,54)(H,55,59)/t32?,44-/m0/s1. The van der Waals surface area contributed by atoms with Crippen LogP contribution in [0.15, 0.2) is 84.1 Å². The van der Waals surface area contributed by atoms with E-state index in [1.807, 2.05) is 12.1 Å². The molecule has 1 amide bonds. The average Bonchev–Trinajstić information content (AvgIpc) is 4.04. The number of carbonyl (C=O) groups is 1. The van der Waals surface area contributed by atoms with Gasteiger partial charge in [0, 0.05) is 61.6 Å². The van der Waals surface area contributed by atoms with Gasteiger partial charge in [-0.25, -0.2) is 23.1 Å². The number of nitro groups is 1. The second kappa shape index (κ2) is 17.6. The molecule has 1 unspecified atom stereocenters. The van der Waals surface area contributed by atoms with E-state index in [4.69, 9.17) is 9.47 Å². The molecule has 3 N–H and O–H groups in total. The first-order valence-corrected chi connectivity index (χ1v) is 25.1. The first-order valence-electron chi connectivity index (χ1n) is 23.6. The van der Waals surface area contributed by atoms with Crippen molar-refractivity contribution in [3.63, 3.8) is 0 Å². The Morgan fingerprint density at radius 1 is 0.970 bits per heavy atom. The Morgan fingerprint density at radius 2 is 1.73 bits per heavy atom. The molecule has 3 aromatic heterocycles. The highest BCUT2D eigenvalue weighted by Gasteiger charge is 2.50. The molecular formula is C50H60N8O7S. The number of piperidine rings is 1. The highest BCUT2D eigenvalue weighted by Crippen LogP contribution is 2.54. The van der Waals surface area contributed by atoms with Gasteiger partial charge < -0.3 is 24.7 Å². The van der Waals surface area contributed by atoms with Crippen molar-refractivity contribution >= 4 is 44.2 Å². The molecule has 2 atom stereocenters. The predicted molar refractivity (Wildman–Crippen MR) is 253 cm³/mol. The van der Waals surface area contributed by atoms with Crippen LogP contribution < -0.4 is 19.7 Å². The molecule has 10 rings (SSSR count). The van der Waals surface area contributed by atoms with E-state index < -0.39 is 31.4 Å². The quantitative estimate of drug-likeness (QED) is 0.0752. The number of pyridine rings is 2. The third-order valence-electron chi connectivity index (χ3n) is 15.2. The maximum Gasteiger partial charge on any atom is 0.312 e. The molecule has 16 heteroatoms. The van der Waals surface area contributed by atoms with Crippen LogP contribution in [0.2, 0.25) is 0 Å². The Kier molecular flexibility index (Phi) is 11.8. The van der Waals surface area contributed by atoms with Crippen LogP contribution in [0.5, 0.6) is 11.5 Å². The van der Waals surface area contributed by atoms with Crippen molar-refractivity contribution in [2.24, 2.45) is 16.7 Å². The van der Waals surface area contributed by atoms with Gasteiger partial charge in [-0.15, -0.1) is 0 Å². The van der Waals surface area contributed by atoms with Crippen LogP contribution in [0.4, 0.5) is 17.2 Å². The highest BCUT2D eigenvalue weighted by molar-refractivity contribution is 7.90. The maximum atomic E-state index is 14.0. The van der Waals surface area contributed by atoms with Crippen LogP contribution in [0.3, 0.4) is 0 Å². The lowest BCUT2D eigenvalue weighted by molar-refractivity contribution is -0.384. The Bertz CT molecular complexity index is 2730. The van der Waals surface area contributed by atoms with Crippen molar-refractivity contribution in [1.82, 2.24) is 24.6 Å².